The predicted octanol–water partition coefficient (Wildman–Crippen LogP) is 2.12. The fourth-order valence-corrected chi connectivity index (χ4v) is 3.12. The molecule has 2 atom stereocenters. The van der Waals surface area contributed by atoms with Crippen LogP contribution in [0.5, 0.6) is 0 Å². The van der Waals surface area contributed by atoms with Crippen molar-refractivity contribution in [2.45, 2.75) is 45.1 Å². The lowest BCUT2D eigenvalue weighted by Crippen LogP contribution is -2.45. The summed E-state index contributed by atoms with van der Waals surface area (Å²) >= 11 is 0. The second kappa shape index (κ2) is 7.25. The van der Waals surface area contributed by atoms with Crippen molar-refractivity contribution in [3.63, 3.8) is 0 Å². The Morgan fingerprint density at radius 3 is 2.71 bits per heavy atom. The maximum atomic E-state index is 12.0. The SMILES string of the molecule is CCC(C(N)=O)N1CC(CCCc2ccccc2)CC1=O. The number of aryl methyl sites for hydroxylation is 1. The second-order valence-electron chi connectivity index (χ2n) is 5.82. The molecule has 1 fully saturated rings. The monoisotopic (exact) mass is 288 g/mol. The summed E-state index contributed by atoms with van der Waals surface area (Å²) in [6.45, 7) is 2.57. The molecule has 1 aromatic rings. The number of carbonyl (C=O) groups excluding carboxylic acids is 2. The zero-order valence-corrected chi connectivity index (χ0v) is 12.6. The molecule has 2 amide bonds. The number of primary amides is 1. The van der Waals surface area contributed by atoms with Gasteiger partial charge in [-0.25, -0.2) is 0 Å². The predicted molar refractivity (Wildman–Crippen MR) is 82.5 cm³/mol. The third kappa shape index (κ3) is 4.06. The number of nitrogens with zero attached hydrogens (tertiary/aromatic N) is 1. The summed E-state index contributed by atoms with van der Waals surface area (Å²) in [7, 11) is 0. The van der Waals surface area contributed by atoms with E-state index in [1.165, 1.54) is 5.56 Å². The molecule has 0 radical (unpaired) electrons. The molecule has 0 spiro atoms. The Labute approximate surface area is 126 Å². The van der Waals surface area contributed by atoms with E-state index < -0.39 is 11.9 Å². The van der Waals surface area contributed by atoms with E-state index >= 15 is 0 Å². The van der Waals surface area contributed by atoms with Gasteiger partial charge in [0, 0.05) is 13.0 Å². The molecule has 0 saturated carbocycles. The highest BCUT2D eigenvalue weighted by molar-refractivity contribution is 5.87. The highest BCUT2D eigenvalue weighted by Gasteiger charge is 2.35. The standard InChI is InChI=1S/C17H24N2O2/c1-2-15(17(18)21)19-12-14(11-16(19)20)10-6-9-13-7-4-3-5-8-13/h3-5,7-8,14-15H,2,6,9-12H2,1H3,(H2,18,21). The first-order valence-corrected chi connectivity index (χ1v) is 7.74. The van der Waals surface area contributed by atoms with Crippen LogP contribution in [0.3, 0.4) is 0 Å². The number of likely N-dealkylation sites (tertiary alicyclic amines) is 1. The number of rotatable bonds is 7. The molecule has 2 unspecified atom stereocenters. The van der Waals surface area contributed by atoms with Crippen molar-refractivity contribution < 1.29 is 9.59 Å². The third-order valence-electron chi connectivity index (χ3n) is 4.25. The van der Waals surface area contributed by atoms with E-state index in [2.05, 4.69) is 24.3 Å². The molecule has 2 rings (SSSR count). The summed E-state index contributed by atoms with van der Waals surface area (Å²) in [6, 6.07) is 9.95. The van der Waals surface area contributed by atoms with E-state index in [1.54, 1.807) is 4.90 Å². The molecule has 0 bridgehead atoms. The fraction of sp³-hybridized carbons (Fsp3) is 0.529. The van der Waals surface area contributed by atoms with Crippen molar-refractivity contribution in [1.29, 1.82) is 0 Å². The largest absolute Gasteiger partial charge is 0.368 e. The van der Waals surface area contributed by atoms with Gasteiger partial charge in [-0.05, 0) is 37.2 Å². The molecule has 1 aliphatic rings. The van der Waals surface area contributed by atoms with E-state index in [1.807, 2.05) is 13.0 Å². The van der Waals surface area contributed by atoms with Gasteiger partial charge in [-0.15, -0.1) is 0 Å². The van der Waals surface area contributed by atoms with Gasteiger partial charge in [0.25, 0.3) is 0 Å². The third-order valence-corrected chi connectivity index (χ3v) is 4.25. The quantitative estimate of drug-likeness (QED) is 0.835. The molecular weight excluding hydrogens is 264 g/mol. The summed E-state index contributed by atoms with van der Waals surface area (Å²) in [5.41, 5.74) is 6.71. The van der Waals surface area contributed by atoms with Crippen LogP contribution < -0.4 is 5.73 Å². The fourth-order valence-electron chi connectivity index (χ4n) is 3.12. The number of hydrogen-bond donors (Lipinski definition) is 1. The van der Waals surface area contributed by atoms with Crippen molar-refractivity contribution in [2.24, 2.45) is 11.7 Å². The van der Waals surface area contributed by atoms with Gasteiger partial charge in [0.2, 0.25) is 11.8 Å². The Morgan fingerprint density at radius 1 is 1.38 bits per heavy atom. The summed E-state index contributed by atoms with van der Waals surface area (Å²) in [5.74, 6) is 0.0377. The van der Waals surface area contributed by atoms with Gasteiger partial charge in [0.1, 0.15) is 6.04 Å². The van der Waals surface area contributed by atoms with E-state index in [0.717, 1.165) is 19.3 Å². The molecule has 21 heavy (non-hydrogen) atoms. The molecule has 4 heteroatoms. The van der Waals surface area contributed by atoms with Crippen molar-refractivity contribution in [2.75, 3.05) is 6.54 Å². The molecular formula is C17H24N2O2. The number of nitrogens with two attached hydrogens (primary N) is 1. The minimum absolute atomic E-state index is 0.0744. The summed E-state index contributed by atoms with van der Waals surface area (Å²) < 4.78 is 0. The maximum Gasteiger partial charge on any atom is 0.240 e. The Bertz CT molecular complexity index is 487. The van der Waals surface area contributed by atoms with Gasteiger partial charge in [0.05, 0.1) is 0 Å². The van der Waals surface area contributed by atoms with Gasteiger partial charge in [-0.1, -0.05) is 37.3 Å². The van der Waals surface area contributed by atoms with Crippen molar-refractivity contribution >= 4 is 11.8 Å². The minimum Gasteiger partial charge on any atom is -0.368 e. The van der Waals surface area contributed by atoms with Crippen molar-refractivity contribution in [3.8, 4) is 0 Å². The molecule has 1 aromatic carbocycles. The van der Waals surface area contributed by atoms with Crippen LogP contribution in [0.1, 0.15) is 38.2 Å². The summed E-state index contributed by atoms with van der Waals surface area (Å²) in [5, 5.41) is 0. The van der Waals surface area contributed by atoms with Crippen LogP contribution in [-0.2, 0) is 16.0 Å². The van der Waals surface area contributed by atoms with Gasteiger partial charge in [-0.2, -0.15) is 0 Å². The van der Waals surface area contributed by atoms with Crippen molar-refractivity contribution in [3.05, 3.63) is 35.9 Å². The van der Waals surface area contributed by atoms with E-state index in [9.17, 15) is 9.59 Å². The first-order valence-electron chi connectivity index (χ1n) is 7.74. The first kappa shape index (κ1) is 15.5. The lowest BCUT2D eigenvalue weighted by atomic mass is 9.99. The van der Waals surface area contributed by atoms with E-state index in [0.29, 0.717) is 25.3 Å². The lowest BCUT2D eigenvalue weighted by Gasteiger charge is -2.24. The normalized spacial score (nSPS) is 19.8. The molecule has 1 heterocycles. The highest BCUT2D eigenvalue weighted by Crippen LogP contribution is 2.25. The van der Waals surface area contributed by atoms with E-state index in [-0.39, 0.29) is 5.91 Å². The van der Waals surface area contributed by atoms with Crippen LogP contribution in [0.25, 0.3) is 0 Å². The molecule has 0 aliphatic carbocycles. The van der Waals surface area contributed by atoms with Gasteiger partial charge in [0.15, 0.2) is 0 Å². The average Bonchev–Trinajstić information content (AvgIpc) is 2.82. The molecule has 0 aromatic heterocycles. The van der Waals surface area contributed by atoms with Gasteiger partial charge < -0.3 is 10.6 Å². The first-order chi connectivity index (χ1) is 10.1. The van der Waals surface area contributed by atoms with E-state index in [4.69, 9.17) is 5.73 Å². The van der Waals surface area contributed by atoms with Crippen LogP contribution in [0, 0.1) is 5.92 Å². The average molecular weight is 288 g/mol. The Morgan fingerprint density at radius 2 is 2.10 bits per heavy atom. The Kier molecular flexibility index (Phi) is 5.37. The molecule has 4 nitrogen and oxygen atoms in total. The molecule has 114 valence electrons. The van der Waals surface area contributed by atoms with Crippen LogP contribution in [-0.4, -0.2) is 29.3 Å². The Balaban J connectivity index is 1.81. The van der Waals surface area contributed by atoms with Crippen molar-refractivity contribution in [1.82, 2.24) is 4.90 Å². The van der Waals surface area contributed by atoms with Crippen LogP contribution >= 0.6 is 0 Å². The molecule has 1 aliphatic heterocycles. The topological polar surface area (TPSA) is 63.4 Å². The lowest BCUT2D eigenvalue weighted by molar-refractivity contribution is -0.136. The van der Waals surface area contributed by atoms with Gasteiger partial charge in [-0.3, -0.25) is 9.59 Å². The highest BCUT2D eigenvalue weighted by atomic mass is 16.2. The van der Waals surface area contributed by atoms with Gasteiger partial charge >= 0.3 is 0 Å². The molecule has 2 N–H and O–H groups in total. The number of benzene rings is 1. The number of hydrogen-bond acceptors (Lipinski definition) is 2. The zero-order chi connectivity index (χ0) is 15.2. The Hall–Kier alpha value is -1.84. The van der Waals surface area contributed by atoms with Crippen LogP contribution in [0.4, 0.5) is 0 Å². The number of carbonyl (C=O) groups is 2. The maximum absolute atomic E-state index is 12.0. The van der Waals surface area contributed by atoms with Crippen LogP contribution in [0.2, 0.25) is 0 Å². The number of amides is 2. The minimum atomic E-state index is -0.434. The molecule has 1 saturated heterocycles. The smallest absolute Gasteiger partial charge is 0.240 e. The zero-order valence-electron chi connectivity index (χ0n) is 12.6. The van der Waals surface area contributed by atoms with Crippen LogP contribution in [0.15, 0.2) is 30.3 Å². The summed E-state index contributed by atoms with van der Waals surface area (Å²) in [6.07, 6.45) is 4.28. The second-order valence-corrected chi connectivity index (χ2v) is 5.82. The summed E-state index contributed by atoms with van der Waals surface area (Å²) in [4.78, 5) is 25.1.